The van der Waals surface area contributed by atoms with Crippen LogP contribution in [0.4, 0.5) is 0 Å². The maximum absolute atomic E-state index is 13.9. The van der Waals surface area contributed by atoms with Crippen LogP contribution in [0.1, 0.15) is 84.1 Å². The summed E-state index contributed by atoms with van der Waals surface area (Å²) in [6.45, 7) is 0.364. The minimum atomic E-state index is -1.92. The van der Waals surface area contributed by atoms with Gasteiger partial charge in [-0.15, -0.1) is 0 Å². The van der Waals surface area contributed by atoms with Crippen LogP contribution in [0.5, 0.6) is 0 Å². The maximum Gasteiger partial charge on any atom is 0.328 e. The topological polar surface area (TPSA) is 549 Å². The van der Waals surface area contributed by atoms with Crippen LogP contribution in [0, 0.1) is 5.92 Å². The predicted molar refractivity (Wildman–Crippen MR) is 295 cm³/mol. The van der Waals surface area contributed by atoms with Crippen molar-refractivity contribution in [2.45, 2.75) is 146 Å². The number of nitrogens with one attached hydrogen (secondary N) is 11. The smallest absolute Gasteiger partial charge is 0.328 e. The van der Waals surface area contributed by atoms with Crippen molar-refractivity contribution in [2.75, 3.05) is 45.9 Å². The minimum Gasteiger partial charge on any atom is -0.481 e. The second-order valence-electron chi connectivity index (χ2n) is 19.6. The van der Waals surface area contributed by atoms with Crippen molar-refractivity contribution < 1.29 is 97.7 Å². The van der Waals surface area contributed by atoms with Crippen molar-refractivity contribution >= 4 is 82.9 Å². The average Bonchev–Trinajstić information content (AvgIpc) is 2.76. The number of aliphatic carboxylic acids is 2. The summed E-state index contributed by atoms with van der Waals surface area (Å²) >= 11 is 0. The first kappa shape index (κ1) is 72.5. The van der Waals surface area contributed by atoms with E-state index in [1.54, 1.807) is 30.3 Å². The number of carbonyl (C=O) groups excluding carboxylic acids is 11. The summed E-state index contributed by atoms with van der Waals surface area (Å²) in [6, 6.07) is -1.40. The molecule has 1 fully saturated rings. The van der Waals surface area contributed by atoms with E-state index in [0.29, 0.717) is 37.8 Å². The first-order valence-electron chi connectivity index (χ1n) is 27.1. The fourth-order valence-corrected chi connectivity index (χ4v) is 7.95. The predicted octanol–water partition coefficient (Wildman–Crippen LogP) is -8.22. The lowest BCUT2D eigenvalue weighted by atomic mass is 9.95. The molecule has 11 amide bonds. The van der Waals surface area contributed by atoms with Gasteiger partial charge in [-0.3, -0.25) is 62.5 Å². The summed E-state index contributed by atoms with van der Waals surface area (Å²) in [4.78, 5) is 171. The maximum atomic E-state index is 13.9. The monoisotopic (exact) mass is 1210 g/mol. The number of hydrogen-bond acceptors (Lipinski definition) is 19. The molecule has 1 heterocycles. The molecule has 474 valence electrons. The second kappa shape index (κ2) is 38.3. The van der Waals surface area contributed by atoms with Gasteiger partial charge in [-0.05, 0) is 37.7 Å². The molecular formula is C51H80N14O20. The first-order chi connectivity index (χ1) is 40.2. The largest absolute Gasteiger partial charge is 0.481 e. The minimum absolute atomic E-state index is 0.00864. The normalized spacial score (nSPS) is 18.3. The summed E-state index contributed by atoms with van der Waals surface area (Å²) in [5.41, 5.74) is 11.4. The number of unbranched alkanes of at least 4 members (excludes halogenated alkanes) is 2. The van der Waals surface area contributed by atoms with Gasteiger partial charge in [-0.25, -0.2) is 4.79 Å². The number of ether oxygens (including phenoxy) is 1. The Hall–Kier alpha value is -8.60. The van der Waals surface area contributed by atoms with Gasteiger partial charge in [0.2, 0.25) is 65.0 Å². The number of nitrogens with zero attached hydrogens (tertiary/aromatic N) is 1. The van der Waals surface area contributed by atoms with Crippen molar-refractivity contribution in [3.8, 4) is 0 Å². The quantitative estimate of drug-likeness (QED) is 0.0166. The number of aliphatic hydroxyl groups excluding tert-OH is 4. The molecular weight excluding hydrogens is 1130 g/mol. The van der Waals surface area contributed by atoms with Gasteiger partial charge in [0.25, 0.3) is 0 Å². The molecule has 1 aliphatic rings. The summed E-state index contributed by atoms with van der Waals surface area (Å²) < 4.78 is 5.54. The molecule has 0 radical (unpaired) electrons. The number of carboxylic acid groups (broad SMARTS) is 2. The van der Waals surface area contributed by atoms with Gasteiger partial charge in [-0.1, -0.05) is 50.6 Å². The highest BCUT2D eigenvalue weighted by Crippen LogP contribution is 2.20. The number of nitrogens with two attached hydrogens (primary N) is 2. The van der Waals surface area contributed by atoms with Crippen molar-refractivity contribution in [3.05, 3.63) is 35.9 Å². The zero-order chi connectivity index (χ0) is 63.8. The summed E-state index contributed by atoms with van der Waals surface area (Å²) in [6.07, 6.45) is -6.69. The number of carboxylic acids is 2. The highest BCUT2D eigenvalue weighted by Gasteiger charge is 2.45. The SMILES string of the molecule is CCC(C)C(=O)NCCCCCC(=O)N[C@@H](Cc1ccccc1)C(=O)NCC(=O)N[C@@H](CC(=O)N[C@@H]1OC(CO)[C@@H](O)C(O)C1NC(C)=O)C(=O)NCC(=O)N[C@@H](CCCN=C(N)N)C(=O)NCC(=O)N[C@@H](CC(=O)O)C(=O)N[C@@H](CO)C(=O)O. The molecule has 0 spiro atoms. The van der Waals surface area contributed by atoms with E-state index < -0.39 is 177 Å². The van der Waals surface area contributed by atoms with E-state index in [0.717, 1.165) is 6.92 Å². The van der Waals surface area contributed by atoms with Crippen molar-refractivity contribution in [3.63, 3.8) is 0 Å². The van der Waals surface area contributed by atoms with Crippen molar-refractivity contribution in [2.24, 2.45) is 22.4 Å². The average molecular weight is 1210 g/mol. The Labute approximate surface area is 487 Å². The fraction of sp³-hybridized carbons (Fsp3) is 0.608. The van der Waals surface area contributed by atoms with Gasteiger partial charge in [-0.2, -0.15) is 0 Å². The third-order valence-corrected chi connectivity index (χ3v) is 12.7. The number of aliphatic hydroxyl groups is 4. The Kier molecular flexibility index (Phi) is 32.7. The molecule has 85 heavy (non-hydrogen) atoms. The van der Waals surface area contributed by atoms with Crippen LogP contribution in [0.2, 0.25) is 0 Å². The lowest BCUT2D eigenvalue weighted by Crippen LogP contribution is -2.68. The van der Waals surface area contributed by atoms with E-state index in [-0.39, 0.29) is 50.0 Å². The van der Waals surface area contributed by atoms with Crippen LogP contribution >= 0.6 is 0 Å². The number of aliphatic imine (C=N–C) groups is 1. The van der Waals surface area contributed by atoms with Crippen LogP contribution < -0.4 is 70.0 Å². The summed E-state index contributed by atoms with van der Waals surface area (Å²) in [7, 11) is 0. The van der Waals surface area contributed by atoms with Crippen molar-refractivity contribution in [1.82, 2.24) is 58.5 Å². The molecule has 34 heteroatoms. The molecule has 0 aromatic heterocycles. The summed E-state index contributed by atoms with van der Waals surface area (Å²) in [5.74, 6) is -13.9. The molecule has 1 aliphatic heterocycles. The van der Waals surface area contributed by atoms with E-state index in [4.69, 9.17) is 21.3 Å². The van der Waals surface area contributed by atoms with Crippen LogP contribution in [0.25, 0.3) is 0 Å². The molecule has 1 saturated heterocycles. The molecule has 0 aliphatic carbocycles. The van der Waals surface area contributed by atoms with E-state index >= 15 is 0 Å². The number of hydrogen-bond donors (Lipinski definition) is 19. The zero-order valence-electron chi connectivity index (χ0n) is 47.3. The number of guanidine groups is 1. The van der Waals surface area contributed by atoms with Gasteiger partial charge < -0.3 is 105 Å². The Morgan fingerprint density at radius 3 is 1.69 bits per heavy atom. The highest BCUT2D eigenvalue weighted by atomic mass is 16.5. The van der Waals surface area contributed by atoms with E-state index in [9.17, 15) is 87.9 Å². The zero-order valence-corrected chi connectivity index (χ0v) is 47.3. The number of benzene rings is 1. The lowest BCUT2D eigenvalue weighted by molar-refractivity contribution is -0.203. The Morgan fingerprint density at radius 1 is 0.612 bits per heavy atom. The van der Waals surface area contributed by atoms with Gasteiger partial charge in [0.05, 0.1) is 45.7 Å². The molecule has 1 aromatic rings. The molecule has 21 N–H and O–H groups in total. The Bertz CT molecular complexity index is 2490. The number of amides is 11. The third kappa shape index (κ3) is 28.0. The Balaban J connectivity index is 2.32. The molecule has 2 rings (SSSR count). The van der Waals surface area contributed by atoms with Gasteiger partial charge in [0.15, 0.2) is 12.2 Å². The van der Waals surface area contributed by atoms with Crippen LogP contribution in [-0.4, -0.2) is 220 Å². The standard InChI is InChI=1S/C51H80N14O20/c1-4-26(2)44(78)54-16-10-6-9-15-35(69)61-30(18-28-12-7-5-8-13-28)46(80)57-23-38(72)62-31(19-36(70)65-49-41(59-27(3)68)43(77)42(76)34(25-67)85-49)47(81)58-21-37(71)60-29(14-11-17-55-51(52)53)45(79)56-22-39(73)63-32(20-40(74)75)48(82)64-33(24-66)50(83)84/h5,7-8,12-13,26,29-34,41-43,49,66-67,76-77H,4,6,9-11,14-25H2,1-3H3,(H,54,78)(H,56,79)(H,57,80)(H,58,81)(H,59,68)(H,60,71)(H,61,69)(H,62,72)(H,63,73)(H,64,82)(H,65,70)(H,74,75)(H,83,84)(H4,52,53,55)/t26?,29-,30-,31-,32-,33-,34?,41?,42+,43?,49+/m0/s1. The van der Waals surface area contributed by atoms with Crippen LogP contribution in [0.15, 0.2) is 35.3 Å². The van der Waals surface area contributed by atoms with E-state index in [2.05, 4.69) is 52.8 Å². The number of carbonyl (C=O) groups is 13. The molecule has 0 saturated carbocycles. The van der Waals surface area contributed by atoms with Crippen LogP contribution in [0.3, 0.4) is 0 Å². The highest BCUT2D eigenvalue weighted by molar-refractivity contribution is 5.97. The van der Waals surface area contributed by atoms with Gasteiger partial charge in [0, 0.05) is 38.8 Å². The molecule has 1 aromatic carbocycles. The third-order valence-electron chi connectivity index (χ3n) is 12.7. The molecule has 4 unspecified atom stereocenters. The number of rotatable bonds is 38. The van der Waals surface area contributed by atoms with E-state index in [1.165, 1.54) is 0 Å². The molecule has 34 nitrogen and oxygen atoms in total. The molecule has 0 bridgehead atoms. The second-order valence-corrected chi connectivity index (χ2v) is 19.6. The van der Waals surface area contributed by atoms with Gasteiger partial charge >= 0.3 is 11.9 Å². The summed E-state index contributed by atoms with van der Waals surface area (Å²) in [5, 5.41) is 84.0. The van der Waals surface area contributed by atoms with Crippen molar-refractivity contribution in [1.29, 1.82) is 0 Å². The lowest BCUT2D eigenvalue weighted by Gasteiger charge is -2.42. The molecule has 11 atom stereocenters. The first-order valence-corrected chi connectivity index (χ1v) is 27.1. The Morgan fingerprint density at radius 2 is 1.16 bits per heavy atom. The van der Waals surface area contributed by atoms with E-state index in [1.807, 2.05) is 24.5 Å². The fourth-order valence-electron chi connectivity index (χ4n) is 7.95. The van der Waals surface area contributed by atoms with Gasteiger partial charge in [0.1, 0.15) is 54.6 Å². The van der Waals surface area contributed by atoms with Crippen LogP contribution in [-0.2, 0) is 73.5 Å².